The number of anilines is 1. The van der Waals surface area contributed by atoms with E-state index in [9.17, 15) is 13.2 Å². The number of nitrogens with one attached hydrogen (secondary N) is 2. The highest BCUT2D eigenvalue weighted by Crippen LogP contribution is 2.28. The molecule has 0 spiro atoms. The van der Waals surface area contributed by atoms with Crippen molar-refractivity contribution in [3.63, 3.8) is 0 Å². The molecule has 27 heavy (non-hydrogen) atoms. The van der Waals surface area contributed by atoms with Gasteiger partial charge in [-0.25, -0.2) is 17.9 Å². The fraction of sp³-hybridized carbons (Fsp3) is 0.526. The van der Waals surface area contributed by atoms with Crippen LogP contribution in [0.25, 0.3) is 0 Å². The first-order valence-electron chi connectivity index (χ1n) is 9.34. The lowest BCUT2D eigenvalue weighted by atomic mass is 9.97. The molecule has 2 N–H and O–H groups in total. The van der Waals surface area contributed by atoms with Crippen molar-refractivity contribution in [2.45, 2.75) is 50.8 Å². The molecular formula is C19H28N2O5S. The Hall–Kier alpha value is -2.06. The molecular weight excluding hydrogens is 368 g/mol. The molecule has 1 aliphatic carbocycles. The van der Waals surface area contributed by atoms with Crippen LogP contribution in [-0.4, -0.2) is 34.3 Å². The number of hydrogen-bond acceptors (Lipinski definition) is 5. The molecule has 2 rings (SSSR count). The van der Waals surface area contributed by atoms with Crippen molar-refractivity contribution in [2.24, 2.45) is 0 Å². The zero-order valence-electron chi connectivity index (χ0n) is 15.9. The van der Waals surface area contributed by atoms with Gasteiger partial charge in [0.05, 0.1) is 23.8 Å². The summed E-state index contributed by atoms with van der Waals surface area (Å²) in [6.07, 6.45) is 6.74. The average Bonchev–Trinajstić information content (AvgIpc) is 2.64. The molecule has 0 saturated heterocycles. The van der Waals surface area contributed by atoms with Gasteiger partial charge in [-0.15, -0.1) is 0 Å². The summed E-state index contributed by atoms with van der Waals surface area (Å²) in [5, 5.41) is 2.53. The van der Waals surface area contributed by atoms with E-state index in [1.807, 2.05) is 0 Å². The Bertz CT molecular complexity index is 774. The fourth-order valence-corrected chi connectivity index (χ4v) is 3.95. The summed E-state index contributed by atoms with van der Waals surface area (Å²) >= 11 is 0. The molecule has 8 heteroatoms. The highest BCUT2D eigenvalue weighted by atomic mass is 32.2. The van der Waals surface area contributed by atoms with Gasteiger partial charge in [-0.1, -0.05) is 11.6 Å². The second kappa shape index (κ2) is 10.3. The zero-order valence-corrected chi connectivity index (χ0v) is 16.7. The van der Waals surface area contributed by atoms with E-state index in [0.29, 0.717) is 25.3 Å². The Morgan fingerprint density at radius 2 is 2.00 bits per heavy atom. The summed E-state index contributed by atoms with van der Waals surface area (Å²) in [4.78, 5) is 11.8. The molecule has 1 aromatic rings. The number of rotatable bonds is 9. The van der Waals surface area contributed by atoms with Gasteiger partial charge in [0.15, 0.2) is 0 Å². The third-order valence-corrected chi connectivity index (χ3v) is 5.66. The standard InChI is InChI=1S/C19H28N2O5S/c1-3-25-18-11-10-16(14-17(18)21-19(22)26-4-2)27(23,24)20-13-12-15-8-6-5-7-9-15/h8,10-11,14,20H,3-7,9,12-13H2,1-2H3,(H,21,22). The van der Waals surface area contributed by atoms with Crippen LogP contribution in [0.4, 0.5) is 10.5 Å². The first kappa shape index (κ1) is 21.2. The third-order valence-electron chi connectivity index (χ3n) is 4.20. The lowest BCUT2D eigenvalue weighted by Gasteiger charge is -2.15. The maximum absolute atomic E-state index is 12.6. The summed E-state index contributed by atoms with van der Waals surface area (Å²) in [6, 6.07) is 4.37. The van der Waals surface area contributed by atoms with Crippen molar-refractivity contribution in [2.75, 3.05) is 25.1 Å². The summed E-state index contributed by atoms with van der Waals surface area (Å²) in [6.45, 7) is 4.44. The average molecular weight is 397 g/mol. The maximum atomic E-state index is 12.6. The molecule has 0 saturated carbocycles. The van der Waals surface area contributed by atoms with Crippen LogP contribution in [-0.2, 0) is 14.8 Å². The number of sulfonamides is 1. The van der Waals surface area contributed by atoms with Gasteiger partial charge in [-0.2, -0.15) is 0 Å². The van der Waals surface area contributed by atoms with Crippen LogP contribution in [0.5, 0.6) is 5.75 Å². The number of ether oxygens (including phenoxy) is 2. The zero-order chi connectivity index (χ0) is 19.7. The van der Waals surface area contributed by atoms with E-state index in [1.54, 1.807) is 13.8 Å². The van der Waals surface area contributed by atoms with Crippen molar-refractivity contribution < 1.29 is 22.7 Å². The van der Waals surface area contributed by atoms with Gasteiger partial charge in [0.2, 0.25) is 10.0 Å². The minimum atomic E-state index is -3.69. The normalized spacial score (nSPS) is 14.4. The molecule has 0 radical (unpaired) electrons. The van der Waals surface area contributed by atoms with Crippen LogP contribution in [0.1, 0.15) is 46.0 Å². The molecule has 0 bridgehead atoms. The second-order valence-electron chi connectivity index (χ2n) is 6.19. The predicted octanol–water partition coefficient (Wildman–Crippen LogP) is 3.82. The number of carbonyl (C=O) groups excluding carboxylic acids is 1. The largest absolute Gasteiger partial charge is 0.492 e. The van der Waals surface area contributed by atoms with E-state index in [4.69, 9.17) is 9.47 Å². The van der Waals surface area contributed by atoms with Crippen LogP contribution in [0.15, 0.2) is 34.7 Å². The van der Waals surface area contributed by atoms with Crippen LogP contribution in [0.2, 0.25) is 0 Å². The Labute approximate surface area is 161 Å². The molecule has 0 unspecified atom stereocenters. The predicted molar refractivity (Wildman–Crippen MR) is 105 cm³/mol. The molecule has 7 nitrogen and oxygen atoms in total. The lowest BCUT2D eigenvalue weighted by molar-refractivity contribution is 0.167. The quantitative estimate of drug-likeness (QED) is 0.619. The minimum absolute atomic E-state index is 0.0652. The van der Waals surface area contributed by atoms with E-state index < -0.39 is 16.1 Å². The van der Waals surface area contributed by atoms with E-state index in [2.05, 4.69) is 16.1 Å². The van der Waals surface area contributed by atoms with Gasteiger partial charge in [-0.3, -0.25) is 5.32 Å². The maximum Gasteiger partial charge on any atom is 0.411 e. The number of benzene rings is 1. The molecule has 1 amide bonds. The molecule has 0 aromatic heterocycles. The van der Waals surface area contributed by atoms with Gasteiger partial charge in [-0.05, 0) is 64.2 Å². The third kappa shape index (κ3) is 6.55. The Kier molecular flexibility index (Phi) is 8.12. The monoisotopic (exact) mass is 396 g/mol. The van der Waals surface area contributed by atoms with E-state index in [1.165, 1.54) is 36.6 Å². The van der Waals surface area contributed by atoms with Gasteiger partial charge in [0.25, 0.3) is 0 Å². The summed E-state index contributed by atoms with van der Waals surface area (Å²) in [5.74, 6) is 0.386. The SMILES string of the molecule is CCOC(=O)Nc1cc(S(=O)(=O)NCCC2=CCCCC2)ccc1OCC. The van der Waals surface area contributed by atoms with Crippen molar-refractivity contribution in [3.8, 4) is 5.75 Å². The van der Waals surface area contributed by atoms with Gasteiger partial charge >= 0.3 is 6.09 Å². The van der Waals surface area contributed by atoms with Crippen LogP contribution < -0.4 is 14.8 Å². The van der Waals surface area contributed by atoms with E-state index >= 15 is 0 Å². The molecule has 1 aromatic carbocycles. The highest BCUT2D eigenvalue weighted by molar-refractivity contribution is 7.89. The van der Waals surface area contributed by atoms with Crippen molar-refractivity contribution in [3.05, 3.63) is 29.8 Å². The first-order valence-corrected chi connectivity index (χ1v) is 10.8. The highest BCUT2D eigenvalue weighted by Gasteiger charge is 2.18. The first-order chi connectivity index (χ1) is 13.0. The summed E-state index contributed by atoms with van der Waals surface area (Å²) in [5.41, 5.74) is 1.56. The lowest BCUT2D eigenvalue weighted by Crippen LogP contribution is -2.25. The Balaban J connectivity index is 2.09. The summed E-state index contributed by atoms with van der Waals surface area (Å²) in [7, 11) is -3.69. The molecule has 0 atom stereocenters. The Morgan fingerprint density at radius 3 is 2.67 bits per heavy atom. The smallest absolute Gasteiger partial charge is 0.411 e. The van der Waals surface area contributed by atoms with Gasteiger partial charge in [0, 0.05) is 6.54 Å². The van der Waals surface area contributed by atoms with Crippen molar-refractivity contribution in [1.82, 2.24) is 4.72 Å². The Morgan fingerprint density at radius 1 is 1.19 bits per heavy atom. The van der Waals surface area contributed by atoms with E-state index in [-0.39, 0.29) is 17.2 Å². The topological polar surface area (TPSA) is 93.7 Å². The van der Waals surface area contributed by atoms with E-state index in [0.717, 1.165) is 12.8 Å². The summed E-state index contributed by atoms with van der Waals surface area (Å²) < 4.78 is 38.1. The van der Waals surface area contributed by atoms with Gasteiger partial charge in [0.1, 0.15) is 5.75 Å². The minimum Gasteiger partial charge on any atom is -0.492 e. The molecule has 1 aliphatic rings. The van der Waals surface area contributed by atoms with Crippen LogP contribution in [0, 0.1) is 0 Å². The van der Waals surface area contributed by atoms with Crippen LogP contribution in [0.3, 0.4) is 0 Å². The fourth-order valence-electron chi connectivity index (χ4n) is 2.89. The molecule has 150 valence electrons. The van der Waals surface area contributed by atoms with Crippen molar-refractivity contribution in [1.29, 1.82) is 0 Å². The van der Waals surface area contributed by atoms with Gasteiger partial charge < -0.3 is 9.47 Å². The number of allylic oxidation sites excluding steroid dienone is 1. The molecule has 0 fully saturated rings. The molecule has 0 heterocycles. The second-order valence-corrected chi connectivity index (χ2v) is 7.96. The van der Waals surface area contributed by atoms with Crippen molar-refractivity contribution >= 4 is 21.8 Å². The number of hydrogen-bond donors (Lipinski definition) is 2. The molecule has 0 aliphatic heterocycles. The number of carbonyl (C=O) groups is 1. The van der Waals surface area contributed by atoms with Crippen LogP contribution >= 0.6 is 0 Å². The number of amides is 1.